The van der Waals surface area contributed by atoms with Crippen LogP contribution in [0.5, 0.6) is 5.75 Å². The van der Waals surface area contributed by atoms with Gasteiger partial charge in [-0.3, -0.25) is 0 Å². The lowest BCUT2D eigenvalue weighted by Gasteiger charge is -2.08. The average Bonchev–Trinajstić information content (AvgIpc) is 2.20. The summed E-state index contributed by atoms with van der Waals surface area (Å²) in [6.07, 6.45) is 1.59. The molecule has 0 amide bonds. The van der Waals surface area contributed by atoms with Gasteiger partial charge in [-0.05, 0) is 24.3 Å². The van der Waals surface area contributed by atoms with Crippen LogP contribution in [0.15, 0.2) is 36.5 Å². The van der Waals surface area contributed by atoms with Crippen molar-refractivity contribution in [3.05, 3.63) is 41.7 Å². The van der Waals surface area contributed by atoms with Crippen LogP contribution >= 0.6 is 11.6 Å². The molecular formula is C11H9ClN2O. The summed E-state index contributed by atoms with van der Waals surface area (Å²) >= 11 is 5.92. The minimum absolute atomic E-state index is 0.102. The van der Waals surface area contributed by atoms with Gasteiger partial charge in [-0.15, -0.1) is 0 Å². The van der Waals surface area contributed by atoms with Crippen molar-refractivity contribution < 1.29 is 5.11 Å². The van der Waals surface area contributed by atoms with Crippen molar-refractivity contribution in [1.29, 1.82) is 0 Å². The number of rotatable bonds is 1. The van der Waals surface area contributed by atoms with Gasteiger partial charge in [0.15, 0.2) is 0 Å². The van der Waals surface area contributed by atoms with Crippen molar-refractivity contribution in [2.45, 2.75) is 0 Å². The maximum Gasteiger partial charge on any atom is 0.137 e. The zero-order valence-electron chi connectivity index (χ0n) is 7.81. The number of halogens is 1. The second-order valence-corrected chi connectivity index (χ2v) is 3.44. The molecule has 0 unspecified atom stereocenters. The summed E-state index contributed by atoms with van der Waals surface area (Å²) in [5.74, 6) is 0.102. The molecule has 3 nitrogen and oxygen atoms in total. The predicted octanol–water partition coefficient (Wildman–Crippen LogP) is 2.69. The van der Waals surface area contributed by atoms with Gasteiger partial charge in [0.1, 0.15) is 10.9 Å². The Labute approximate surface area is 92.1 Å². The fourth-order valence-electron chi connectivity index (χ4n) is 1.42. The van der Waals surface area contributed by atoms with Crippen molar-refractivity contribution >= 4 is 17.3 Å². The molecule has 0 saturated heterocycles. The molecule has 4 heteroatoms. The van der Waals surface area contributed by atoms with Gasteiger partial charge in [0.05, 0.1) is 0 Å². The van der Waals surface area contributed by atoms with Gasteiger partial charge in [-0.1, -0.05) is 17.7 Å². The number of hydrogen-bond acceptors (Lipinski definition) is 3. The first-order valence-electron chi connectivity index (χ1n) is 4.38. The molecule has 0 aliphatic rings. The quantitative estimate of drug-likeness (QED) is 0.574. The molecule has 1 heterocycles. The minimum Gasteiger partial charge on any atom is -0.507 e. The first-order valence-corrected chi connectivity index (χ1v) is 4.76. The van der Waals surface area contributed by atoms with Gasteiger partial charge in [0, 0.05) is 23.0 Å². The Morgan fingerprint density at radius 3 is 2.67 bits per heavy atom. The first-order chi connectivity index (χ1) is 7.20. The van der Waals surface area contributed by atoms with E-state index in [4.69, 9.17) is 17.3 Å². The summed E-state index contributed by atoms with van der Waals surface area (Å²) in [5, 5.41) is 10.0. The van der Waals surface area contributed by atoms with E-state index >= 15 is 0 Å². The van der Waals surface area contributed by atoms with E-state index in [1.165, 1.54) is 0 Å². The van der Waals surface area contributed by atoms with Gasteiger partial charge >= 0.3 is 0 Å². The van der Waals surface area contributed by atoms with Crippen molar-refractivity contribution in [1.82, 2.24) is 4.98 Å². The number of pyridine rings is 1. The third kappa shape index (κ3) is 1.74. The zero-order chi connectivity index (χ0) is 10.8. The summed E-state index contributed by atoms with van der Waals surface area (Å²) in [6.45, 7) is 0. The van der Waals surface area contributed by atoms with Crippen molar-refractivity contribution in [3.63, 3.8) is 0 Å². The summed E-state index contributed by atoms with van der Waals surface area (Å²) in [4.78, 5) is 3.94. The zero-order valence-corrected chi connectivity index (χ0v) is 8.57. The monoisotopic (exact) mass is 220 g/mol. The minimum atomic E-state index is 0.102. The molecule has 1 aromatic carbocycles. The van der Waals surface area contributed by atoms with E-state index < -0.39 is 0 Å². The molecule has 76 valence electrons. The number of phenolic OH excluding ortho intramolecular Hbond substituents is 1. The predicted molar refractivity (Wildman–Crippen MR) is 60.8 cm³/mol. The summed E-state index contributed by atoms with van der Waals surface area (Å²) in [5.41, 5.74) is 7.41. The van der Waals surface area contributed by atoms with E-state index in [1.807, 2.05) is 0 Å². The number of nitrogens with two attached hydrogens (primary N) is 1. The number of nitrogen functional groups attached to an aromatic ring is 1. The number of anilines is 1. The Kier molecular flexibility index (Phi) is 2.47. The number of hydrogen-bond donors (Lipinski definition) is 2. The van der Waals surface area contributed by atoms with Crippen LogP contribution < -0.4 is 5.73 Å². The molecule has 15 heavy (non-hydrogen) atoms. The third-order valence-corrected chi connectivity index (χ3v) is 2.40. The van der Waals surface area contributed by atoms with E-state index in [0.717, 1.165) is 0 Å². The Bertz CT molecular complexity index is 479. The lowest BCUT2D eigenvalue weighted by molar-refractivity contribution is 0.477. The van der Waals surface area contributed by atoms with Gasteiger partial charge in [-0.25, -0.2) is 4.98 Å². The van der Waals surface area contributed by atoms with Crippen LogP contribution in [-0.4, -0.2) is 10.1 Å². The normalized spacial score (nSPS) is 10.2. The molecule has 2 aromatic rings. The molecule has 0 spiro atoms. The summed E-state index contributed by atoms with van der Waals surface area (Å²) < 4.78 is 0. The Hall–Kier alpha value is -1.74. The number of phenols is 1. The number of nitrogens with zero attached hydrogens (tertiary/aromatic N) is 1. The molecule has 0 saturated carbocycles. The lowest BCUT2D eigenvalue weighted by atomic mass is 10.0. The van der Waals surface area contributed by atoms with Crippen LogP contribution in [0.4, 0.5) is 5.69 Å². The average molecular weight is 221 g/mol. The van der Waals surface area contributed by atoms with E-state index in [2.05, 4.69) is 4.98 Å². The van der Waals surface area contributed by atoms with E-state index in [1.54, 1.807) is 36.5 Å². The van der Waals surface area contributed by atoms with E-state index in [9.17, 15) is 5.11 Å². The summed E-state index contributed by atoms with van der Waals surface area (Å²) in [7, 11) is 0. The first kappa shape index (κ1) is 9.80. The fraction of sp³-hybridized carbons (Fsp3) is 0. The summed E-state index contributed by atoms with van der Waals surface area (Å²) in [6, 6.07) is 8.46. The molecule has 0 fully saturated rings. The highest BCUT2D eigenvalue weighted by Crippen LogP contribution is 2.37. The maximum absolute atomic E-state index is 9.70. The van der Waals surface area contributed by atoms with Crippen LogP contribution in [0.3, 0.4) is 0 Å². The second kappa shape index (κ2) is 3.79. The molecule has 1 aromatic heterocycles. The Morgan fingerprint density at radius 2 is 2.00 bits per heavy atom. The molecule has 3 N–H and O–H groups in total. The van der Waals surface area contributed by atoms with E-state index in [-0.39, 0.29) is 5.75 Å². The SMILES string of the molecule is Nc1cccc(O)c1-c1cccnc1Cl. The van der Waals surface area contributed by atoms with Crippen LogP contribution in [0.1, 0.15) is 0 Å². The Balaban J connectivity index is 2.69. The molecule has 0 aliphatic heterocycles. The lowest BCUT2D eigenvalue weighted by Crippen LogP contribution is -1.91. The van der Waals surface area contributed by atoms with Crippen LogP contribution in [0.25, 0.3) is 11.1 Å². The van der Waals surface area contributed by atoms with Crippen molar-refractivity contribution in [2.24, 2.45) is 0 Å². The highest BCUT2D eigenvalue weighted by molar-refractivity contribution is 6.32. The molecule has 0 atom stereocenters. The Morgan fingerprint density at radius 1 is 1.20 bits per heavy atom. The topological polar surface area (TPSA) is 59.1 Å². The van der Waals surface area contributed by atoms with Gasteiger partial charge in [0.25, 0.3) is 0 Å². The van der Waals surface area contributed by atoms with Gasteiger partial charge < -0.3 is 10.8 Å². The molecule has 0 aliphatic carbocycles. The number of benzene rings is 1. The molecule has 2 rings (SSSR count). The highest BCUT2D eigenvalue weighted by Gasteiger charge is 2.11. The van der Waals surface area contributed by atoms with Crippen LogP contribution in [0, 0.1) is 0 Å². The van der Waals surface area contributed by atoms with Crippen LogP contribution in [0.2, 0.25) is 5.15 Å². The maximum atomic E-state index is 9.70. The second-order valence-electron chi connectivity index (χ2n) is 3.08. The number of aromatic nitrogens is 1. The molecule has 0 radical (unpaired) electrons. The largest absolute Gasteiger partial charge is 0.507 e. The van der Waals surface area contributed by atoms with Crippen LogP contribution in [-0.2, 0) is 0 Å². The standard InChI is InChI=1S/C11H9ClN2O/c12-11-7(3-2-6-14-11)10-8(13)4-1-5-9(10)15/h1-6,15H,13H2. The molecular weight excluding hydrogens is 212 g/mol. The smallest absolute Gasteiger partial charge is 0.137 e. The van der Waals surface area contributed by atoms with Gasteiger partial charge in [0.2, 0.25) is 0 Å². The van der Waals surface area contributed by atoms with Crippen molar-refractivity contribution in [3.8, 4) is 16.9 Å². The number of aromatic hydroxyl groups is 1. The van der Waals surface area contributed by atoms with Crippen molar-refractivity contribution in [2.75, 3.05) is 5.73 Å². The van der Waals surface area contributed by atoms with Gasteiger partial charge in [-0.2, -0.15) is 0 Å². The highest BCUT2D eigenvalue weighted by atomic mass is 35.5. The fourth-order valence-corrected chi connectivity index (χ4v) is 1.64. The third-order valence-electron chi connectivity index (χ3n) is 2.10. The molecule has 0 bridgehead atoms. The van der Waals surface area contributed by atoms with E-state index in [0.29, 0.717) is 22.0 Å².